The first kappa shape index (κ1) is 13.7. The molecule has 17 heavy (non-hydrogen) atoms. The monoisotopic (exact) mass is 235 g/mol. The summed E-state index contributed by atoms with van der Waals surface area (Å²) in [7, 11) is 1.54. The Morgan fingerprint density at radius 3 is 2.06 bits per heavy atom. The Morgan fingerprint density at radius 1 is 1.18 bits per heavy atom. The molecule has 0 unspecified atom stereocenters. The molecule has 1 aromatic carbocycles. The van der Waals surface area contributed by atoms with E-state index in [4.69, 9.17) is 4.74 Å². The van der Waals surface area contributed by atoms with Crippen LogP contribution in [0.1, 0.15) is 30.5 Å². The highest BCUT2D eigenvalue weighted by Gasteiger charge is 2.27. The third kappa shape index (κ3) is 3.07. The third-order valence-electron chi connectivity index (χ3n) is 2.97. The maximum Gasteiger partial charge on any atom is 0.256 e. The lowest BCUT2D eigenvalue weighted by molar-refractivity contribution is -0.133. The molecule has 0 aromatic heterocycles. The smallest absolute Gasteiger partial charge is 0.256 e. The van der Waals surface area contributed by atoms with E-state index >= 15 is 0 Å². The molecule has 1 rings (SSSR count). The zero-order chi connectivity index (χ0) is 13.2. The van der Waals surface area contributed by atoms with Crippen LogP contribution in [0.3, 0.4) is 0 Å². The zero-order valence-electron chi connectivity index (χ0n) is 11.5. The van der Waals surface area contributed by atoms with Crippen LogP contribution < -0.4 is 5.32 Å². The number of hydrogen-bond acceptors (Lipinski definition) is 2. The fourth-order valence-electron chi connectivity index (χ4n) is 1.73. The second-order valence-corrected chi connectivity index (χ2v) is 4.94. The summed E-state index contributed by atoms with van der Waals surface area (Å²) in [6.45, 7) is 9.54. The van der Waals surface area contributed by atoms with Gasteiger partial charge in [0.2, 0.25) is 0 Å². The fraction of sp³-hybridized carbons (Fsp3) is 0.500. The Bertz CT molecular complexity index is 413. The van der Waals surface area contributed by atoms with Crippen molar-refractivity contribution in [3.63, 3.8) is 0 Å². The predicted octanol–water partition coefficient (Wildman–Crippen LogP) is 2.98. The van der Waals surface area contributed by atoms with Crippen molar-refractivity contribution >= 4 is 11.6 Å². The number of anilines is 1. The molecule has 0 aliphatic carbocycles. The number of amides is 1. The third-order valence-corrected chi connectivity index (χ3v) is 2.97. The number of aryl methyl sites for hydroxylation is 3. The van der Waals surface area contributed by atoms with Gasteiger partial charge in [0.1, 0.15) is 5.60 Å². The maximum atomic E-state index is 12.0. The van der Waals surface area contributed by atoms with Crippen molar-refractivity contribution in [2.75, 3.05) is 12.4 Å². The van der Waals surface area contributed by atoms with Crippen molar-refractivity contribution in [2.45, 2.75) is 40.2 Å². The van der Waals surface area contributed by atoms with Crippen LogP contribution in [0.15, 0.2) is 12.1 Å². The molecule has 0 spiro atoms. The Kier molecular flexibility index (Phi) is 3.94. The van der Waals surface area contributed by atoms with E-state index in [9.17, 15) is 4.79 Å². The molecule has 0 radical (unpaired) electrons. The number of nitrogens with one attached hydrogen (secondary N) is 1. The van der Waals surface area contributed by atoms with Gasteiger partial charge in [-0.25, -0.2) is 0 Å². The van der Waals surface area contributed by atoms with E-state index in [1.54, 1.807) is 13.8 Å². The van der Waals surface area contributed by atoms with Gasteiger partial charge in [-0.2, -0.15) is 0 Å². The summed E-state index contributed by atoms with van der Waals surface area (Å²) in [5, 5.41) is 2.93. The predicted molar refractivity (Wildman–Crippen MR) is 70.4 cm³/mol. The molecule has 0 heterocycles. The van der Waals surface area contributed by atoms with E-state index in [1.807, 2.05) is 20.8 Å². The Hall–Kier alpha value is -1.35. The van der Waals surface area contributed by atoms with Gasteiger partial charge in [-0.05, 0) is 45.7 Å². The lowest BCUT2D eigenvalue weighted by Crippen LogP contribution is -2.39. The average molecular weight is 235 g/mol. The van der Waals surface area contributed by atoms with Crippen LogP contribution in [-0.4, -0.2) is 18.6 Å². The standard InChI is InChI=1S/C14H21NO2/c1-9-7-10(2)12(11(3)8-9)15-13(16)14(4,5)17-6/h7-8H,1-6H3,(H,15,16). The minimum absolute atomic E-state index is 0.130. The van der Waals surface area contributed by atoms with Crippen molar-refractivity contribution in [3.05, 3.63) is 28.8 Å². The van der Waals surface area contributed by atoms with Gasteiger partial charge in [0.15, 0.2) is 0 Å². The SMILES string of the molecule is COC(C)(C)C(=O)Nc1c(C)cc(C)cc1C. The van der Waals surface area contributed by atoms with E-state index in [0.29, 0.717) is 0 Å². The van der Waals surface area contributed by atoms with Crippen molar-refractivity contribution in [1.29, 1.82) is 0 Å². The average Bonchev–Trinajstić information content (AvgIpc) is 2.22. The molecule has 1 aromatic rings. The van der Waals surface area contributed by atoms with Crippen LogP contribution in [-0.2, 0) is 9.53 Å². The Balaban J connectivity index is 3.01. The van der Waals surface area contributed by atoms with Gasteiger partial charge in [-0.15, -0.1) is 0 Å². The van der Waals surface area contributed by atoms with E-state index in [0.717, 1.165) is 16.8 Å². The lowest BCUT2D eigenvalue weighted by atomic mass is 10.0. The van der Waals surface area contributed by atoms with E-state index in [2.05, 4.69) is 17.4 Å². The van der Waals surface area contributed by atoms with Gasteiger partial charge < -0.3 is 10.1 Å². The van der Waals surface area contributed by atoms with Gasteiger partial charge in [0.25, 0.3) is 5.91 Å². The first-order valence-corrected chi connectivity index (χ1v) is 5.72. The summed E-state index contributed by atoms with van der Waals surface area (Å²) in [6, 6.07) is 4.12. The molecular weight excluding hydrogens is 214 g/mol. The number of rotatable bonds is 3. The number of carbonyl (C=O) groups is 1. The number of hydrogen-bond donors (Lipinski definition) is 1. The highest BCUT2D eigenvalue weighted by Crippen LogP contribution is 2.23. The highest BCUT2D eigenvalue weighted by molar-refractivity contribution is 5.97. The largest absolute Gasteiger partial charge is 0.369 e. The van der Waals surface area contributed by atoms with Crippen LogP contribution in [0.2, 0.25) is 0 Å². The molecule has 3 heteroatoms. The van der Waals surface area contributed by atoms with Crippen molar-refractivity contribution in [3.8, 4) is 0 Å². The molecule has 0 aliphatic heterocycles. The lowest BCUT2D eigenvalue weighted by Gasteiger charge is -2.23. The van der Waals surface area contributed by atoms with E-state index in [1.165, 1.54) is 12.7 Å². The van der Waals surface area contributed by atoms with Crippen molar-refractivity contribution in [1.82, 2.24) is 0 Å². The summed E-state index contributed by atoms with van der Waals surface area (Å²) in [5.41, 5.74) is 3.41. The van der Waals surface area contributed by atoms with Crippen molar-refractivity contribution in [2.24, 2.45) is 0 Å². The summed E-state index contributed by atoms with van der Waals surface area (Å²) >= 11 is 0. The van der Waals surface area contributed by atoms with E-state index < -0.39 is 5.60 Å². The van der Waals surface area contributed by atoms with Gasteiger partial charge >= 0.3 is 0 Å². The van der Waals surface area contributed by atoms with Crippen molar-refractivity contribution < 1.29 is 9.53 Å². The minimum Gasteiger partial charge on any atom is -0.369 e. The van der Waals surface area contributed by atoms with Crippen LogP contribution >= 0.6 is 0 Å². The van der Waals surface area contributed by atoms with E-state index in [-0.39, 0.29) is 5.91 Å². The van der Waals surface area contributed by atoms with Gasteiger partial charge in [0.05, 0.1) is 0 Å². The van der Waals surface area contributed by atoms with Gasteiger partial charge in [-0.3, -0.25) is 4.79 Å². The first-order valence-electron chi connectivity index (χ1n) is 5.72. The van der Waals surface area contributed by atoms with Crippen LogP contribution in [0, 0.1) is 20.8 Å². The molecule has 0 aliphatic rings. The Labute approximate surface area is 103 Å². The molecule has 0 fully saturated rings. The molecule has 1 N–H and O–H groups in total. The van der Waals surface area contributed by atoms with Crippen LogP contribution in [0.5, 0.6) is 0 Å². The molecule has 3 nitrogen and oxygen atoms in total. The zero-order valence-corrected chi connectivity index (χ0v) is 11.5. The second kappa shape index (κ2) is 4.88. The second-order valence-electron chi connectivity index (χ2n) is 4.94. The molecule has 0 saturated carbocycles. The number of carbonyl (C=O) groups excluding carboxylic acids is 1. The maximum absolute atomic E-state index is 12.0. The summed E-state index contributed by atoms with van der Waals surface area (Å²) in [6.07, 6.45) is 0. The summed E-state index contributed by atoms with van der Waals surface area (Å²) in [5.74, 6) is -0.130. The first-order chi connectivity index (χ1) is 7.77. The molecular formula is C14H21NO2. The normalized spacial score (nSPS) is 11.4. The van der Waals surface area contributed by atoms with Gasteiger partial charge in [0, 0.05) is 12.8 Å². The molecule has 1 amide bonds. The van der Waals surface area contributed by atoms with Crippen LogP contribution in [0.25, 0.3) is 0 Å². The molecule has 94 valence electrons. The number of benzene rings is 1. The molecule has 0 atom stereocenters. The van der Waals surface area contributed by atoms with Gasteiger partial charge in [-0.1, -0.05) is 17.7 Å². The summed E-state index contributed by atoms with van der Waals surface area (Å²) in [4.78, 5) is 12.0. The Morgan fingerprint density at radius 2 is 1.65 bits per heavy atom. The molecule has 0 saturated heterocycles. The molecule has 0 bridgehead atoms. The minimum atomic E-state index is -0.816. The fourth-order valence-corrected chi connectivity index (χ4v) is 1.73. The number of ether oxygens (including phenoxy) is 1. The number of methoxy groups -OCH3 is 1. The van der Waals surface area contributed by atoms with Crippen LogP contribution in [0.4, 0.5) is 5.69 Å². The highest BCUT2D eigenvalue weighted by atomic mass is 16.5. The summed E-state index contributed by atoms with van der Waals surface area (Å²) < 4.78 is 5.16. The topological polar surface area (TPSA) is 38.3 Å². The quantitative estimate of drug-likeness (QED) is 0.874.